The maximum Gasteiger partial charge on any atom is 0.243 e. The molecule has 1 N–H and O–H groups in total. The van der Waals surface area contributed by atoms with E-state index in [-0.39, 0.29) is 11.9 Å². The van der Waals surface area contributed by atoms with E-state index in [2.05, 4.69) is 26.8 Å². The second kappa shape index (κ2) is 7.92. The number of carbonyl (C=O) groups is 1. The highest BCUT2D eigenvalue weighted by atomic mass is 16.2. The van der Waals surface area contributed by atoms with Gasteiger partial charge in [-0.25, -0.2) is 4.98 Å². The van der Waals surface area contributed by atoms with Crippen LogP contribution in [0.5, 0.6) is 0 Å². The van der Waals surface area contributed by atoms with E-state index in [0.29, 0.717) is 6.54 Å². The minimum atomic E-state index is -0.236. The minimum absolute atomic E-state index is 0.0504. The first-order valence-electron chi connectivity index (χ1n) is 8.87. The van der Waals surface area contributed by atoms with Crippen LogP contribution in [-0.4, -0.2) is 27.0 Å². The highest BCUT2D eigenvalue weighted by Crippen LogP contribution is 2.24. The van der Waals surface area contributed by atoms with Crippen molar-refractivity contribution in [3.63, 3.8) is 0 Å². The molecule has 1 amide bonds. The van der Waals surface area contributed by atoms with Gasteiger partial charge in [0, 0.05) is 25.4 Å². The molecule has 0 unspecified atom stereocenters. The first-order chi connectivity index (χ1) is 12.2. The van der Waals surface area contributed by atoms with Gasteiger partial charge < -0.3 is 9.88 Å². The maximum atomic E-state index is 12.8. The lowest BCUT2D eigenvalue weighted by Gasteiger charge is -2.20. The van der Waals surface area contributed by atoms with Gasteiger partial charge >= 0.3 is 0 Å². The third-order valence-electron chi connectivity index (χ3n) is 4.45. The van der Waals surface area contributed by atoms with Crippen LogP contribution >= 0.6 is 0 Å². The lowest BCUT2D eigenvalue weighted by Crippen LogP contribution is -2.34. The van der Waals surface area contributed by atoms with Crippen LogP contribution in [0.15, 0.2) is 48.8 Å². The van der Waals surface area contributed by atoms with Crippen molar-refractivity contribution in [2.75, 3.05) is 6.54 Å². The lowest BCUT2D eigenvalue weighted by atomic mass is 10.1. The summed E-state index contributed by atoms with van der Waals surface area (Å²) in [6.07, 6.45) is 5.88. The molecule has 3 aromatic rings. The molecule has 1 aromatic carbocycles. The lowest BCUT2D eigenvalue weighted by molar-refractivity contribution is -0.124. The first-order valence-corrected chi connectivity index (χ1v) is 8.87. The summed E-state index contributed by atoms with van der Waals surface area (Å²) >= 11 is 0. The van der Waals surface area contributed by atoms with Gasteiger partial charge in [0.2, 0.25) is 5.91 Å². The summed E-state index contributed by atoms with van der Waals surface area (Å²) in [6, 6.07) is 11.7. The third-order valence-corrected chi connectivity index (χ3v) is 4.45. The number of imidazole rings is 1. The Bertz CT molecular complexity index is 841. The van der Waals surface area contributed by atoms with E-state index in [1.54, 1.807) is 12.4 Å². The molecule has 2 aromatic heterocycles. The number of rotatable bonds is 7. The first kappa shape index (κ1) is 17.1. The van der Waals surface area contributed by atoms with E-state index in [1.165, 1.54) is 5.56 Å². The number of nitrogens with one attached hydrogen (secondary N) is 1. The van der Waals surface area contributed by atoms with Crippen LogP contribution in [0.1, 0.15) is 37.7 Å². The van der Waals surface area contributed by atoms with Crippen molar-refractivity contribution >= 4 is 16.9 Å². The number of hydrogen-bond acceptors (Lipinski definition) is 3. The number of nitrogens with zero attached hydrogens (tertiary/aromatic N) is 3. The van der Waals surface area contributed by atoms with Crippen LogP contribution in [0.3, 0.4) is 0 Å². The van der Waals surface area contributed by atoms with Crippen molar-refractivity contribution in [1.82, 2.24) is 19.9 Å². The molecule has 2 heterocycles. The summed E-state index contributed by atoms with van der Waals surface area (Å²) in [4.78, 5) is 21.5. The standard InChI is InChI=1S/C20H24N4O/c1-3-17(20(25)22-14-11-15-9-12-21-13-10-15)24-18-8-6-5-7-16(18)23-19(24)4-2/h5-10,12-13,17H,3-4,11,14H2,1-2H3,(H,22,25)/t17-/m1/s1. The molecular formula is C20H24N4O. The Hall–Kier alpha value is -2.69. The molecule has 0 saturated heterocycles. The Morgan fingerprint density at radius 2 is 1.92 bits per heavy atom. The molecule has 5 nitrogen and oxygen atoms in total. The molecule has 0 spiro atoms. The van der Waals surface area contributed by atoms with Crippen LogP contribution < -0.4 is 5.32 Å². The van der Waals surface area contributed by atoms with Crippen LogP contribution in [0.25, 0.3) is 11.0 Å². The molecule has 0 aliphatic rings. The van der Waals surface area contributed by atoms with E-state index in [9.17, 15) is 4.79 Å². The summed E-state index contributed by atoms with van der Waals surface area (Å²) in [6.45, 7) is 4.74. The molecule has 0 bridgehead atoms. The van der Waals surface area contributed by atoms with Crippen molar-refractivity contribution in [1.29, 1.82) is 0 Å². The maximum absolute atomic E-state index is 12.8. The topological polar surface area (TPSA) is 59.8 Å². The molecule has 25 heavy (non-hydrogen) atoms. The SMILES string of the molecule is CCc1nc2ccccc2n1[C@H](CC)C(=O)NCCc1ccncc1. The zero-order chi connectivity index (χ0) is 17.6. The van der Waals surface area contributed by atoms with Crippen LogP contribution in [0.2, 0.25) is 0 Å². The Morgan fingerprint density at radius 3 is 2.64 bits per heavy atom. The van der Waals surface area contributed by atoms with Crippen molar-refractivity contribution in [2.45, 2.75) is 39.2 Å². The number of carbonyl (C=O) groups excluding carboxylic acids is 1. The second-order valence-corrected chi connectivity index (χ2v) is 6.06. The summed E-state index contributed by atoms with van der Waals surface area (Å²) in [5, 5.41) is 3.08. The molecule has 0 fully saturated rings. The normalized spacial score (nSPS) is 12.2. The zero-order valence-corrected chi connectivity index (χ0v) is 14.8. The summed E-state index contributed by atoms with van der Waals surface area (Å²) < 4.78 is 2.09. The van der Waals surface area contributed by atoms with Gasteiger partial charge in [-0.15, -0.1) is 0 Å². The molecule has 0 aliphatic heterocycles. The average Bonchev–Trinajstić information content (AvgIpc) is 3.02. The Morgan fingerprint density at radius 1 is 1.16 bits per heavy atom. The smallest absolute Gasteiger partial charge is 0.243 e. The molecular weight excluding hydrogens is 312 g/mol. The van der Waals surface area contributed by atoms with E-state index in [4.69, 9.17) is 0 Å². The van der Waals surface area contributed by atoms with Gasteiger partial charge in [0.15, 0.2) is 0 Å². The second-order valence-electron chi connectivity index (χ2n) is 6.06. The zero-order valence-electron chi connectivity index (χ0n) is 14.8. The van der Waals surface area contributed by atoms with Crippen LogP contribution in [-0.2, 0) is 17.6 Å². The molecule has 0 aliphatic carbocycles. The van der Waals surface area contributed by atoms with Gasteiger partial charge in [0.1, 0.15) is 11.9 Å². The number of benzene rings is 1. The number of fused-ring (bicyclic) bond motifs is 1. The average molecular weight is 336 g/mol. The minimum Gasteiger partial charge on any atom is -0.354 e. The Kier molecular flexibility index (Phi) is 5.43. The summed E-state index contributed by atoms with van der Waals surface area (Å²) in [7, 11) is 0. The third kappa shape index (κ3) is 3.71. The largest absolute Gasteiger partial charge is 0.354 e. The Balaban J connectivity index is 1.76. The van der Waals surface area contributed by atoms with Crippen LogP contribution in [0, 0.1) is 0 Å². The number of para-hydroxylation sites is 2. The fraction of sp³-hybridized carbons (Fsp3) is 0.350. The van der Waals surface area contributed by atoms with Crippen molar-refractivity contribution in [2.24, 2.45) is 0 Å². The Labute approximate surface area is 148 Å². The number of aromatic nitrogens is 3. The number of hydrogen-bond donors (Lipinski definition) is 1. The predicted octanol–water partition coefficient (Wildman–Crippen LogP) is 3.30. The monoisotopic (exact) mass is 336 g/mol. The quantitative estimate of drug-likeness (QED) is 0.720. The number of pyridine rings is 1. The fourth-order valence-electron chi connectivity index (χ4n) is 3.17. The van der Waals surface area contributed by atoms with Gasteiger partial charge in [-0.05, 0) is 42.7 Å². The molecule has 0 radical (unpaired) electrons. The van der Waals surface area contributed by atoms with Crippen LogP contribution in [0.4, 0.5) is 0 Å². The van der Waals surface area contributed by atoms with E-state index in [1.807, 2.05) is 43.3 Å². The van der Waals surface area contributed by atoms with Gasteiger partial charge in [-0.1, -0.05) is 26.0 Å². The van der Waals surface area contributed by atoms with E-state index in [0.717, 1.165) is 36.1 Å². The van der Waals surface area contributed by atoms with Crippen molar-refractivity contribution < 1.29 is 4.79 Å². The number of amides is 1. The molecule has 3 rings (SSSR count). The van der Waals surface area contributed by atoms with Gasteiger partial charge in [0.25, 0.3) is 0 Å². The van der Waals surface area contributed by atoms with Gasteiger partial charge in [-0.3, -0.25) is 9.78 Å². The molecule has 130 valence electrons. The molecule has 1 atom stereocenters. The van der Waals surface area contributed by atoms with Gasteiger partial charge in [0.05, 0.1) is 11.0 Å². The van der Waals surface area contributed by atoms with E-state index >= 15 is 0 Å². The van der Waals surface area contributed by atoms with Crippen molar-refractivity contribution in [3.05, 3.63) is 60.2 Å². The predicted molar refractivity (Wildman–Crippen MR) is 99.4 cm³/mol. The highest BCUT2D eigenvalue weighted by Gasteiger charge is 2.23. The summed E-state index contributed by atoms with van der Waals surface area (Å²) in [5.74, 6) is 1.01. The molecule has 0 saturated carbocycles. The van der Waals surface area contributed by atoms with Crippen molar-refractivity contribution in [3.8, 4) is 0 Å². The summed E-state index contributed by atoms with van der Waals surface area (Å²) in [5.41, 5.74) is 3.14. The fourth-order valence-corrected chi connectivity index (χ4v) is 3.17. The van der Waals surface area contributed by atoms with E-state index < -0.39 is 0 Å². The molecule has 5 heteroatoms. The van der Waals surface area contributed by atoms with Gasteiger partial charge in [-0.2, -0.15) is 0 Å². The number of aryl methyl sites for hydroxylation is 1. The highest BCUT2D eigenvalue weighted by molar-refractivity contribution is 5.84.